The molecule has 0 saturated heterocycles. The fourth-order valence-electron chi connectivity index (χ4n) is 6.82. The minimum Gasteiger partial charge on any atom is -0.497 e. The number of rotatable bonds is 4. The first-order valence-electron chi connectivity index (χ1n) is 15.5. The van der Waals surface area contributed by atoms with Gasteiger partial charge in [-0.3, -0.25) is 9.97 Å². The predicted octanol–water partition coefficient (Wildman–Crippen LogP) is 9.71. The van der Waals surface area contributed by atoms with Crippen LogP contribution >= 0.6 is 0 Å². The van der Waals surface area contributed by atoms with Crippen molar-refractivity contribution in [2.45, 2.75) is 0 Å². The first-order chi connectivity index (χ1) is 23.3. The molecule has 0 aliphatic rings. The molecule has 7 heteroatoms. The summed E-state index contributed by atoms with van der Waals surface area (Å²) in [5, 5.41) is 5.99. The van der Waals surface area contributed by atoms with Crippen molar-refractivity contribution < 1.29 is 25.2 Å². The molecule has 10 aromatic rings. The van der Waals surface area contributed by atoms with Gasteiger partial charge in [0.15, 0.2) is 0 Å². The van der Waals surface area contributed by atoms with Crippen molar-refractivity contribution >= 4 is 54.8 Å². The Hall–Kier alpha value is -5.87. The second-order valence-electron chi connectivity index (χ2n) is 11.5. The van der Waals surface area contributed by atoms with Gasteiger partial charge >= 0.3 is 20.4 Å². The van der Waals surface area contributed by atoms with E-state index in [-0.39, 0.29) is 20.4 Å². The van der Waals surface area contributed by atoms with Crippen molar-refractivity contribution in [1.82, 2.24) is 23.8 Å². The van der Waals surface area contributed by atoms with Gasteiger partial charge in [0.25, 0.3) is 0 Å². The number of benzene rings is 5. The van der Waals surface area contributed by atoms with E-state index >= 15 is 0 Å². The smallest absolute Gasteiger partial charge is 0.497 e. The first-order valence-corrected chi connectivity index (χ1v) is 15.5. The molecule has 0 spiro atoms. The number of ether oxygens (including phenoxy) is 1. The van der Waals surface area contributed by atoms with Crippen LogP contribution in [0.3, 0.4) is 0 Å². The van der Waals surface area contributed by atoms with Gasteiger partial charge in [0.05, 0.1) is 22.7 Å². The van der Waals surface area contributed by atoms with E-state index in [0.29, 0.717) is 11.5 Å². The summed E-state index contributed by atoms with van der Waals surface area (Å²) in [6.45, 7) is 0. The van der Waals surface area contributed by atoms with Crippen LogP contribution in [0, 0.1) is 12.1 Å². The maximum Gasteiger partial charge on any atom is 2.00 e. The number of hydrogen-bond acceptors (Lipinski definition) is 4. The van der Waals surface area contributed by atoms with E-state index in [1.54, 1.807) is 0 Å². The number of pyridine rings is 3. The molecule has 0 aliphatic heterocycles. The summed E-state index contributed by atoms with van der Waals surface area (Å²) in [5.74, 6) is 1.16. The molecule has 0 radical (unpaired) electrons. The fourth-order valence-corrected chi connectivity index (χ4v) is 6.82. The standard InChI is InChI=1S/C41H23N5O.Pd/c1-3-10-26(11-4-1)37-38(27-12-5-2-6-13-27)46-40-33(15-9-21-42-40)31-20-18-29(25-35(31)41(46)44-37)47-28-17-19-30-32-14-7-8-16-36(32)45-23-22-43-39(45)34(30)24-28;/h1-23H;/q-2;+2. The number of hydrogen-bond donors (Lipinski definition) is 0. The maximum absolute atomic E-state index is 6.50. The maximum atomic E-state index is 6.50. The summed E-state index contributed by atoms with van der Waals surface area (Å²) in [5.41, 5.74) is 7.50. The predicted molar refractivity (Wildman–Crippen MR) is 187 cm³/mol. The van der Waals surface area contributed by atoms with Gasteiger partial charge in [-0.2, -0.15) is 0 Å². The number of imidazole rings is 2. The molecule has 48 heavy (non-hydrogen) atoms. The third-order valence-electron chi connectivity index (χ3n) is 8.86. The van der Waals surface area contributed by atoms with Crippen LogP contribution in [0.1, 0.15) is 0 Å². The minimum atomic E-state index is 0. The molecule has 5 heterocycles. The molecule has 0 N–H and O–H groups in total. The van der Waals surface area contributed by atoms with E-state index in [9.17, 15) is 0 Å². The summed E-state index contributed by atoms with van der Waals surface area (Å²) in [4.78, 5) is 14.8. The third kappa shape index (κ3) is 4.26. The van der Waals surface area contributed by atoms with Crippen molar-refractivity contribution in [3.8, 4) is 34.0 Å². The Morgan fingerprint density at radius 1 is 0.521 bits per heavy atom. The summed E-state index contributed by atoms with van der Waals surface area (Å²) in [7, 11) is 0. The van der Waals surface area contributed by atoms with Gasteiger partial charge in [-0.05, 0) is 22.9 Å². The van der Waals surface area contributed by atoms with E-state index in [0.717, 1.165) is 77.3 Å². The summed E-state index contributed by atoms with van der Waals surface area (Å²) >= 11 is 0. The monoisotopic (exact) mass is 707 g/mol. The van der Waals surface area contributed by atoms with Gasteiger partial charge in [-0.25, -0.2) is 4.98 Å². The number of para-hydroxylation sites is 1. The first kappa shape index (κ1) is 28.4. The Kier molecular flexibility index (Phi) is 6.58. The van der Waals surface area contributed by atoms with Crippen molar-refractivity contribution in [2.24, 2.45) is 0 Å². The zero-order valence-electron chi connectivity index (χ0n) is 25.2. The molecule has 0 unspecified atom stereocenters. The van der Waals surface area contributed by atoms with Gasteiger partial charge in [0.1, 0.15) is 5.65 Å². The number of fused-ring (bicyclic) bond motifs is 12. The minimum absolute atomic E-state index is 0. The molecular formula is C41H23N5OPd. The average Bonchev–Trinajstić information content (AvgIpc) is 3.80. The summed E-state index contributed by atoms with van der Waals surface area (Å²) in [6, 6.07) is 48.3. The molecule has 6 nitrogen and oxygen atoms in total. The van der Waals surface area contributed by atoms with E-state index < -0.39 is 0 Å². The molecule has 0 saturated carbocycles. The molecule has 228 valence electrons. The number of aromatic nitrogens is 5. The van der Waals surface area contributed by atoms with Crippen LogP contribution in [-0.2, 0) is 20.4 Å². The van der Waals surface area contributed by atoms with Crippen molar-refractivity contribution in [3.63, 3.8) is 0 Å². The molecule has 5 aromatic carbocycles. The Balaban J connectivity index is 0.00000314. The van der Waals surface area contributed by atoms with Gasteiger partial charge in [-0.1, -0.05) is 131 Å². The van der Waals surface area contributed by atoms with Crippen LogP contribution in [0.5, 0.6) is 11.5 Å². The Labute approximate surface area is 288 Å². The molecule has 0 fully saturated rings. The van der Waals surface area contributed by atoms with Gasteiger partial charge in [-0.15, -0.1) is 12.1 Å². The van der Waals surface area contributed by atoms with Crippen LogP contribution in [0.4, 0.5) is 0 Å². The van der Waals surface area contributed by atoms with E-state index in [2.05, 4.69) is 98.7 Å². The van der Waals surface area contributed by atoms with E-state index in [1.165, 1.54) is 0 Å². The zero-order valence-corrected chi connectivity index (χ0v) is 26.8. The van der Waals surface area contributed by atoms with Gasteiger partial charge < -0.3 is 13.5 Å². The Morgan fingerprint density at radius 3 is 1.92 bits per heavy atom. The van der Waals surface area contributed by atoms with Crippen LogP contribution < -0.4 is 4.74 Å². The molecule has 0 bridgehead atoms. The van der Waals surface area contributed by atoms with Crippen LogP contribution in [0.25, 0.3) is 77.3 Å². The normalized spacial score (nSPS) is 11.6. The number of nitrogens with zero attached hydrogens (tertiary/aromatic N) is 5. The topological polar surface area (TPSA) is 56.7 Å². The van der Waals surface area contributed by atoms with Crippen molar-refractivity contribution in [3.05, 3.63) is 152 Å². The molecule has 0 atom stereocenters. The van der Waals surface area contributed by atoms with Crippen LogP contribution in [-0.4, -0.2) is 23.8 Å². The Morgan fingerprint density at radius 2 is 1.15 bits per heavy atom. The van der Waals surface area contributed by atoms with Gasteiger partial charge in [0.2, 0.25) is 0 Å². The van der Waals surface area contributed by atoms with Gasteiger partial charge in [0, 0.05) is 46.7 Å². The van der Waals surface area contributed by atoms with Crippen molar-refractivity contribution in [1.29, 1.82) is 0 Å². The molecule has 0 amide bonds. The van der Waals surface area contributed by atoms with Crippen molar-refractivity contribution in [2.75, 3.05) is 0 Å². The average molecular weight is 708 g/mol. The Bertz CT molecular complexity index is 2830. The third-order valence-corrected chi connectivity index (χ3v) is 8.86. The largest absolute Gasteiger partial charge is 2.00 e. The van der Waals surface area contributed by atoms with Crippen LogP contribution in [0.15, 0.2) is 140 Å². The van der Waals surface area contributed by atoms with E-state index in [1.807, 2.05) is 67.1 Å². The second kappa shape index (κ2) is 11.1. The molecule has 0 aliphatic carbocycles. The zero-order chi connectivity index (χ0) is 30.9. The van der Waals surface area contributed by atoms with Crippen LogP contribution in [0.2, 0.25) is 0 Å². The van der Waals surface area contributed by atoms with E-state index in [4.69, 9.17) is 14.7 Å². The quantitative estimate of drug-likeness (QED) is 0.104. The molecule has 10 rings (SSSR count). The summed E-state index contributed by atoms with van der Waals surface area (Å²) in [6.07, 6.45) is 5.64. The molecule has 5 aromatic heterocycles. The second-order valence-corrected chi connectivity index (χ2v) is 11.5. The SMILES string of the molecule is [Pd+2].[c-]1c(Oc2[c-]c3c(cc2)c2cccnc2n2c(-c4ccccc4)c(-c4ccccc4)nc32)ccc2c1c1nccn1c1ccccc21. The summed E-state index contributed by atoms with van der Waals surface area (Å²) < 4.78 is 10.8. The fraction of sp³-hybridized carbons (Fsp3) is 0. The molecular weight excluding hydrogens is 685 g/mol.